The van der Waals surface area contributed by atoms with Gasteiger partial charge in [-0.1, -0.05) is 55.7 Å². The maximum absolute atomic E-state index is 13.6. The van der Waals surface area contributed by atoms with Crippen molar-refractivity contribution in [3.05, 3.63) is 71.5 Å². The molecule has 1 spiro atoms. The number of amides is 1. The van der Waals surface area contributed by atoms with Gasteiger partial charge < -0.3 is 4.90 Å². The molecule has 1 amide bonds. The van der Waals surface area contributed by atoms with Gasteiger partial charge >= 0.3 is 0 Å². The maximum atomic E-state index is 13.6. The fourth-order valence-corrected chi connectivity index (χ4v) is 4.98. The zero-order valence-electron chi connectivity index (χ0n) is 15.8. The summed E-state index contributed by atoms with van der Waals surface area (Å²) in [6.07, 6.45) is 7.60. The van der Waals surface area contributed by atoms with Gasteiger partial charge in [-0.25, -0.2) is 0 Å². The van der Waals surface area contributed by atoms with E-state index in [0.29, 0.717) is 17.8 Å². The van der Waals surface area contributed by atoms with Gasteiger partial charge in [0.2, 0.25) is 0 Å². The topological polar surface area (TPSA) is 63.9 Å². The van der Waals surface area contributed by atoms with E-state index in [1.807, 2.05) is 29.2 Å². The van der Waals surface area contributed by atoms with Crippen LogP contribution in [0.25, 0.3) is 5.69 Å². The number of aromatic nitrogens is 4. The Bertz CT molecular complexity index is 992. The molecule has 28 heavy (non-hydrogen) atoms. The normalized spacial score (nSPS) is 18.1. The predicted molar refractivity (Wildman–Crippen MR) is 105 cm³/mol. The average Bonchev–Trinajstić information content (AvgIpc) is 3.29. The second kappa shape index (κ2) is 6.86. The number of rotatable bonds is 2. The zero-order chi connectivity index (χ0) is 19.0. The van der Waals surface area contributed by atoms with E-state index >= 15 is 0 Å². The Morgan fingerprint density at radius 1 is 0.964 bits per heavy atom. The summed E-state index contributed by atoms with van der Waals surface area (Å²) in [5, 5.41) is 11.4. The molecule has 6 nitrogen and oxygen atoms in total. The van der Waals surface area contributed by atoms with E-state index in [4.69, 9.17) is 0 Å². The molecule has 1 aromatic heterocycles. The number of carbonyl (C=O) groups excluding carboxylic acids is 1. The highest BCUT2D eigenvalue weighted by molar-refractivity contribution is 5.98. The van der Waals surface area contributed by atoms with Crippen LogP contribution in [-0.2, 0) is 12.0 Å². The van der Waals surface area contributed by atoms with E-state index in [2.05, 4.69) is 39.8 Å². The molecule has 1 aliphatic carbocycles. The molecule has 0 N–H and O–H groups in total. The fraction of sp³-hybridized carbons (Fsp3) is 0.364. The van der Waals surface area contributed by atoms with Crippen LogP contribution in [0.15, 0.2) is 54.9 Å². The highest BCUT2D eigenvalue weighted by atomic mass is 16.2. The van der Waals surface area contributed by atoms with Crippen molar-refractivity contribution in [2.24, 2.45) is 0 Å². The lowest BCUT2D eigenvalue weighted by molar-refractivity contribution is 0.0635. The lowest BCUT2D eigenvalue weighted by atomic mass is 9.66. The Hall–Kier alpha value is -3.02. The Morgan fingerprint density at radius 2 is 1.75 bits per heavy atom. The van der Waals surface area contributed by atoms with Crippen molar-refractivity contribution in [2.45, 2.75) is 44.1 Å². The highest BCUT2D eigenvalue weighted by Gasteiger charge is 2.41. The molecule has 0 bridgehead atoms. The molecular formula is C22H23N5O. The van der Waals surface area contributed by atoms with Gasteiger partial charge in [-0.2, -0.15) is 4.68 Å². The number of hydrogen-bond acceptors (Lipinski definition) is 4. The van der Waals surface area contributed by atoms with E-state index in [9.17, 15) is 4.79 Å². The Kier molecular flexibility index (Phi) is 4.19. The monoisotopic (exact) mass is 373 g/mol. The van der Waals surface area contributed by atoms with Gasteiger partial charge in [0, 0.05) is 18.5 Å². The summed E-state index contributed by atoms with van der Waals surface area (Å²) in [4.78, 5) is 15.6. The van der Waals surface area contributed by atoms with Crippen molar-refractivity contribution in [3.8, 4) is 5.69 Å². The zero-order valence-corrected chi connectivity index (χ0v) is 15.8. The summed E-state index contributed by atoms with van der Waals surface area (Å²) in [6.45, 7) is 1.44. The summed E-state index contributed by atoms with van der Waals surface area (Å²) >= 11 is 0. The first kappa shape index (κ1) is 17.1. The molecule has 6 heteroatoms. The Morgan fingerprint density at radius 3 is 2.57 bits per heavy atom. The van der Waals surface area contributed by atoms with E-state index in [-0.39, 0.29) is 11.3 Å². The molecule has 3 aromatic rings. The quantitative estimate of drug-likeness (QED) is 0.689. The molecule has 0 saturated heterocycles. The minimum Gasteiger partial charge on any atom is -0.333 e. The van der Waals surface area contributed by atoms with Crippen LogP contribution in [0.1, 0.15) is 53.6 Å². The number of para-hydroxylation sites is 1. The summed E-state index contributed by atoms with van der Waals surface area (Å²) in [7, 11) is 0. The van der Waals surface area contributed by atoms with Crippen LogP contribution in [0.4, 0.5) is 0 Å². The van der Waals surface area contributed by atoms with Crippen molar-refractivity contribution in [1.82, 2.24) is 25.1 Å². The van der Waals surface area contributed by atoms with Crippen molar-refractivity contribution in [1.29, 1.82) is 0 Å². The molecule has 2 heterocycles. The number of carbonyl (C=O) groups is 1. The fourth-order valence-electron chi connectivity index (χ4n) is 4.98. The standard InChI is InChI=1S/C22H23N5O/c28-21(18-9-3-5-11-20(18)27-16-23-24-25-27)26-14-17-8-2-4-10-19(17)22(15-26)12-6-1-7-13-22/h2-5,8-11,16H,1,6-7,12-15H2. The minimum absolute atomic E-state index is 0.0468. The predicted octanol–water partition coefficient (Wildman–Crippen LogP) is 3.52. The van der Waals surface area contributed by atoms with Gasteiger partial charge in [-0.3, -0.25) is 4.79 Å². The third kappa shape index (κ3) is 2.80. The molecule has 2 aliphatic rings. The number of tetrazole rings is 1. The van der Waals surface area contributed by atoms with Crippen LogP contribution in [-0.4, -0.2) is 37.6 Å². The van der Waals surface area contributed by atoms with Crippen LogP contribution in [0, 0.1) is 0 Å². The molecular weight excluding hydrogens is 350 g/mol. The number of nitrogens with zero attached hydrogens (tertiary/aromatic N) is 5. The third-order valence-corrected chi connectivity index (χ3v) is 6.27. The van der Waals surface area contributed by atoms with Crippen LogP contribution in [0.5, 0.6) is 0 Å². The molecule has 5 rings (SSSR count). The molecule has 2 aromatic carbocycles. The Balaban J connectivity index is 1.54. The molecule has 0 atom stereocenters. The highest BCUT2D eigenvalue weighted by Crippen LogP contribution is 2.44. The van der Waals surface area contributed by atoms with Crippen LogP contribution >= 0.6 is 0 Å². The largest absolute Gasteiger partial charge is 0.333 e. The van der Waals surface area contributed by atoms with Crippen molar-refractivity contribution in [2.75, 3.05) is 6.54 Å². The summed E-state index contributed by atoms with van der Waals surface area (Å²) in [5.74, 6) is 0.0468. The van der Waals surface area contributed by atoms with E-state index < -0.39 is 0 Å². The Labute approximate surface area is 164 Å². The maximum Gasteiger partial charge on any atom is 0.256 e. The lowest BCUT2D eigenvalue weighted by Gasteiger charge is -2.46. The van der Waals surface area contributed by atoms with Crippen molar-refractivity contribution >= 4 is 5.91 Å². The molecule has 1 fully saturated rings. The lowest BCUT2D eigenvalue weighted by Crippen LogP contribution is -2.49. The van der Waals surface area contributed by atoms with Crippen molar-refractivity contribution < 1.29 is 4.79 Å². The molecule has 0 unspecified atom stereocenters. The van der Waals surface area contributed by atoms with Crippen LogP contribution < -0.4 is 0 Å². The first-order valence-corrected chi connectivity index (χ1v) is 9.97. The molecule has 1 aliphatic heterocycles. The molecule has 1 saturated carbocycles. The molecule has 0 radical (unpaired) electrons. The third-order valence-electron chi connectivity index (χ3n) is 6.27. The van der Waals surface area contributed by atoms with Crippen molar-refractivity contribution in [3.63, 3.8) is 0 Å². The number of hydrogen-bond donors (Lipinski definition) is 0. The first-order valence-electron chi connectivity index (χ1n) is 9.97. The van der Waals surface area contributed by atoms with Crippen LogP contribution in [0.2, 0.25) is 0 Å². The molecule has 142 valence electrons. The van der Waals surface area contributed by atoms with Gasteiger partial charge in [-0.15, -0.1) is 5.10 Å². The number of fused-ring (bicyclic) bond motifs is 2. The van der Waals surface area contributed by atoms with E-state index in [0.717, 1.165) is 19.4 Å². The van der Waals surface area contributed by atoms with Gasteiger partial charge in [0.15, 0.2) is 0 Å². The smallest absolute Gasteiger partial charge is 0.256 e. The first-order chi connectivity index (χ1) is 13.8. The summed E-state index contributed by atoms with van der Waals surface area (Å²) < 4.78 is 1.56. The second-order valence-electron chi connectivity index (χ2n) is 7.93. The van der Waals surface area contributed by atoms with Gasteiger partial charge in [0.25, 0.3) is 5.91 Å². The van der Waals surface area contributed by atoms with Gasteiger partial charge in [0.05, 0.1) is 11.3 Å². The SMILES string of the molecule is O=C(c1ccccc1-n1cnnn1)N1Cc2ccccc2C2(CCCCC2)C1. The van der Waals surface area contributed by atoms with Gasteiger partial charge in [0.1, 0.15) is 6.33 Å². The second-order valence-corrected chi connectivity index (χ2v) is 7.93. The minimum atomic E-state index is 0.0468. The van der Waals surface area contributed by atoms with E-state index in [1.54, 1.807) is 4.68 Å². The van der Waals surface area contributed by atoms with E-state index in [1.165, 1.54) is 36.7 Å². The average molecular weight is 373 g/mol. The van der Waals surface area contributed by atoms with Gasteiger partial charge in [-0.05, 0) is 46.5 Å². The summed E-state index contributed by atoms with van der Waals surface area (Å²) in [6, 6.07) is 16.2. The van der Waals surface area contributed by atoms with Crippen LogP contribution in [0.3, 0.4) is 0 Å². The number of benzene rings is 2. The summed E-state index contributed by atoms with van der Waals surface area (Å²) in [5.41, 5.74) is 4.18.